The fourth-order valence-electron chi connectivity index (χ4n) is 2.91. The summed E-state index contributed by atoms with van der Waals surface area (Å²) in [5.74, 6) is -0.336. The van der Waals surface area contributed by atoms with E-state index in [9.17, 15) is 18.0 Å². The van der Waals surface area contributed by atoms with E-state index in [4.69, 9.17) is 5.73 Å². The number of fused-ring (bicyclic) bond motifs is 2. The number of anilines is 1. The Morgan fingerprint density at radius 2 is 1.96 bits per heavy atom. The molecule has 0 fully saturated rings. The fraction of sp³-hybridized carbons (Fsp3) is 0.316. The van der Waals surface area contributed by atoms with E-state index in [2.05, 4.69) is 26.6 Å². The third kappa shape index (κ3) is 5.08. The predicted molar refractivity (Wildman–Crippen MR) is 108 cm³/mol. The maximum Gasteiger partial charge on any atom is 0.416 e. The minimum atomic E-state index is -4.49. The quantitative estimate of drug-likeness (QED) is 0.464. The number of carbonyl (C=O) groups is 1. The Hall–Kier alpha value is -1.55. The first kappa shape index (κ1) is 21.2. The van der Waals surface area contributed by atoms with E-state index in [1.54, 1.807) is 0 Å². The smallest absolute Gasteiger partial charge is 0.329 e. The first-order valence-corrected chi connectivity index (χ1v) is 10.3. The van der Waals surface area contributed by atoms with Gasteiger partial charge in [-0.15, -0.1) is 0 Å². The molecule has 3 rings (SSSR count). The molecule has 0 saturated carbocycles. The van der Waals surface area contributed by atoms with Crippen molar-refractivity contribution in [3.8, 4) is 0 Å². The Balaban J connectivity index is 1.89. The van der Waals surface area contributed by atoms with Gasteiger partial charge in [0.2, 0.25) is 5.91 Å². The molecule has 2 aromatic rings. The van der Waals surface area contributed by atoms with Crippen LogP contribution in [0.1, 0.15) is 23.1 Å². The lowest BCUT2D eigenvalue weighted by Crippen LogP contribution is -2.26. The van der Waals surface area contributed by atoms with Crippen LogP contribution in [0.5, 0.6) is 0 Å². The summed E-state index contributed by atoms with van der Waals surface area (Å²) in [5.41, 5.74) is 6.54. The Morgan fingerprint density at radius 3 is 2.68 bits per heavy atom. The van der Waals surface area contributed by atoms with Crippen molar-refractivity contribution in [1.29, 1.82) is 0 Å². The average molecular weight is 474 g/mol. The molecule has 1 amide bonds. The highest BCUT2D eigenvalue weighted by molar-refractivity contribution is 9.10. The molecule has 1 aliphatic heterocycles. The van der Waals surface area contributed by atoms with Crippen molar-refractivity contribution < 1.29 is 18.0 Å². The Kier molecular flexibility index (Phi) is 6.69. The largest absolute Gasteiger partial charge is 0.416 e. The number of nitrogens with two attached hydrogens (primary N) is 1. The van der Waals surface area contributed by atoms with Gasteiger partial charge >= 0.3 is 6.18 Å². The highest BCUT2D eigenvalue weighted by atomic mass is 79.9. The molecule has 4 nitrogen and oxygen atoms in total. The minimum absolute atomic E-state index is 0.154. The molecule has 1 aliphatic rings. The molecule has 0 aliphatic carbocycles. The molecule has 0 radical (unpaired) electrons. The molecule has 0 saturated heterocycles. The molecule has 0 unspecified atom stereocenters. The van der Waals surface area contributed by atoms with Gasteiger partial charge in [0.15, 0.2) is 0 Å². The Bertz CT molecular complexity index is 889. The van der Waals surface area contributed by atoms with Gasteiger partial charge in [0.25, 0.3) is 0 Å². The van der Waals surface area contributed by atoms with E-state index in [0.717, 1.165) is 27.1 Å². The molecule has 0 spiro atoms. The van der Waals surface area contributed by atoms with Gasteiger partial charge in [-0.05, 0) is 35.4 Å². The number of amides is 1. The van der Waals surface area contributed by atoms with Gasteiger partial charge in [0.05, 0.1) is 5.56 Å². The zero-order valence-corrected chi connectivity index (χ0v) is 17.2. The lowest BCUT2D eigenvalue weighted by molar-refractivity contribution is -0.137. The van der Waals surface area contributed by atoms with Gasteiger partial charge in [-0.2, -0.15) is 13.2 Å². The summed E-state index contributed by atoms with van der Waals surface area (Å²) in [7, 11) is 0. The number of alkyl halides is 3. The molecule has 28 heavy (non-hydrogen) atoms. The van der Waals surface area contributed by atoms with Crippen molar-refractivity contribution in [2.45, 2.75) is 28.8 Å². The minimum Gasteiger partial charge on any atom is -0.329 e. The van der Waals surface area contributed by atoms with Crippen LogP contribution in [0.3, 0.4) is 0 Å². The normalized spacial score (nSPS) is 13.0. The van der Waals surface area contributed by atoms with Crippen molar-refractivity contribution in [3.05, 3.63) is 51.5 Å². The molecule has 150 valence electrons. The number of hydrogen-bond acceptors (Lipinski definition) is 4. The van der Waals surface area contributed by atoms with Gasteiger partial charge in [-0.25, -0.2) is 0 Å². The van der Waals surface area contributed by atoms with Crippen LogP contribution in [0.2, 0.25) is 0 Å². The van der Waals surface area contributed by atoms with Gasteiger partial charge in [-0.3, -0.25) is 4.79 Å². The molecule has 4 N–H and O–H groups in total. The SMILES string of the molecule is NCCNCCC(=O)Nc1cc(C(F)(F)F)cc2c1Cc1ccc(Br)cc1S2. The Labute approximate surface area is 173 Å². The second-order valence-electron chi connectivity index (χ2n) is 6.37. The molecular formula is C19H19BrF3N3OS. The van der Waals surface area contributed by atoms with E-state index >= 15 is 0 Å². The average Bonchev–Trinajstić information content (AvgIpc) is 2.63. The number of rotatable bonds is 6. The van der Waals surface area contributed by atoms with Gasteiger partial charge in [0.1, 0.15) is 0 Å². The van der Waals surface area contributed by atoms with Gasteiger partial charge < -0.3 is 16.4 Å². The topological polar surface area (TPSA) is 67.1 Å². The number of carbonyl (C=O) groups excluding carboxylic acids is 1. The van der Waals surface area contributed by atoms with Crippen LogP contribution in [0.15, 0.2) is 44.6 Å². The van der Waals surface area contributed by atoms with Crippen molar-refractivity contribution in [2.75, 3.05) is 25.0 Å². The van der Waals surface area contributed by atoms with E-state index < -0.39 is 11.7 Å². The van der Waals surface area contributed by atoms with Crippen LogP contribution in [-0.4, -0.2) is 25.5 Å². The predicted octanol–water partition coefficient (Wildman–Crippen LogP) is 4.40. The van der Waals surface area contributed by atoms with Crippen LogP contribution < -0.4 is 16.4 Å². The molecule has 0 aromatic heterocycles. The highest BCUT2D eigenvalue weighted by Crippen LogP contribution is 2.46. The number of nitrogens with one attached hydrogen (secondary N) is 2. The summed E-state index contributed by atoms with van der Waals surface area (Å²) in [5, 5.41) is 5.66. The summed E-state index contributed by atoms with van der Waals surface area (Å²) in [6.07, 6.45) is -3.87. The van der Waals surface area contributed by atoms with Crippen LogP contribution in [0, 0.1) is 0 Å². The monoisotopic (exact) mass is 473 g/mol. The summed E-state index contributed by atoms with van der Waals surface area (Å²) in [6, 6.07) is 7.91. The molecule has 9 heteroatoms. The number of hydrogen-bond donors (Lipinski definition) is 3. The van der Waals surface area contributed by atoms with E-state index in [1.165, 1.54) is 11.8 Å². The molecule has 0 bridgehead atoms. The lowest BCUT2D eigenvalue weighted by atomic mass is 10.00. The second kappa shape index (κ2) is 8.86. The third-order valence-electron chi connectivity index (χ3n) is 4.28. The van der Waals surface area contributed by atoms with Crippen LogP contribution >= 0.6 is 27.7 Å². The van der Waals surface area contributed by atoms with E-state index in [0.29, 0.717) is 36.5 Å². The van der Waals surface area contributed by atoms with E-state index in [-0.39, 0.29) is 18.0 Å². The summed E-state index contributed by atoms with van der Waals surface area (Å²) in [4.78, 5) is 13.7. The van der Waals surface area contributed by atoms with Gasteiger partial charge in [-0.1, -0.05) is 33.8 Å². The lowest BCUT2D eigenvalue weighted by Gasteiger charge is -2.24. The highest BCUT2D eigenvalue weighted by Gasteiger charge is 2.33. The number of benzene rings is 2. The molecule has 0 atom stereocenters. The van der Waals surface area contributed by atoms with Crippen LogP contribution in [-0.2, 0) is 17.4 Å². The van der Waals surface area contributed by atoms with Crippen molar-refractivity contribution in [1.82, 2.24) is 5.32 Å². The second-order valence-corrected chi connectivity index (χ2v) is 8.37. The number of halogens is 4. The summed E-state index contributed by atoms with van der Waals surface area (Å²) < 4.78 is 41.0. The first-order valence-electron chi connectivity index (χ1n) is 8.69. The third-order valence-corrected chi connectivity index (χ3v) is 5.95. The molecule has 1 heterocycles. The van der Waals surface area contributed by atoms with Crippen LogP contribution in [0.4, 0.5) is 18.9 Å². The fourth-order valence-corrected chi connectivity index (χ4v) is 4.61. The molecule has 2 aromatic carbocycles. The van der Waals surface area contributed by atoms with Gasteiger partial charge in [0, 0.05) is 52.4 Å². The Morgan fingerprint density at radius 1 is 1.18 bits per heavy atom. The van der Waals surface area contributed by atoms with Crippen molar-refractivity contribution in [3.63, 3.8) is 0 Å². The van der Waals surface area contributed by atoms with E-state index in [1.807, 2.05) is 18.2 Å². The summed E-state index contributed by atoms with van der Waals surface area (Å²) in [6.45, 7) is 1.44. The van der Waals surface area contributed by atoms with Crippen molar-refractivity contribution in [2.24, 2.45) is 5.73 Å². The maximum atomic E-state index is 13.4. The summed E-state index contributed by atoms with van der Waals surface area (Å²) >= 11 is 4.68. The zero-order chi connectivity index (χ0) is 20.3. The first-order chi connectivity index (χ1) is 13.3. The zero-order valence-electron chi connectivity index (χ0n) is 14.8. The molecular weight excluding hydrogens is 455 g/mol. The standard InChI is InChI=1S/C19H19BrF3N3OS/c20-13-2-1-11-7-14-15(26-18(27)3-5-25-6-4-24)8-12(19(21,22)23)9-17(14)28-16(11)10-13/h1-2,8-10,25H,3-7,24H2,(H,26,27). The van der Waals surface area contributed by atoms with Crippen LogP contribution in [0.25, 0.3) is 0 Å². The maximum absolute atomic E-state index is 13.4. The van der Waals surface area contributed by atoms with Crippen molar-refractivity contribution >= 4 is 39.3 Å².